The van der Waals surface area contributed by atoms with Crippen molar-refractivity contribution in [2.45, 2.75) is 72.3 Å². The van der Waals surface area contributed by atoms with Gasteiger partial charge in [-0.25, -0.2) is 0 Å². The maximum absolute atomic E-state index is 3.75. The molecule has 0 aromatic carbocycles. The molecule has 1 nitrogen and oxygen atoms in total. The van der Waals surface area contributed by atoms with Crippen molar-refractivity contribution < 1.29 is 0 Å². The van der Waals surface area contributed by atoms with Crippen LogP contribution in [0, 0.1) is 11.3 Å². The lowest BCUT2D eigenvalue weighted by Crippen LogP contribution is -2.37. The molecule has 1 unspecified atom stereocenters. The fourth-order valence-corrected chi connectivity index (χ4v) is 3.41. The molecule has 1 fully saturated rings. The summed E-state index contributed by atoms with van der Waals surface area (Å²) in [5.41, 5.74) is 0.633. The Morgan fingerprint density at radius 3 is 2.27 bits per heavy atom. The first-order chi connectivity index (χ1) is 7.14. The molecule has 0 spiro atoms. The van der Waals surface area contributed by atoms with Gasteiger partial charge in [-0.3, -0.25) is 0 Å². The summed E-state index contributed by atoms with van der Waals surface area (Å²) >= 11 is 0. The Hall–Kier alpha value is -0.0400. The van der Waals surface area contributed by atoms with Gasteiger partial charge in [-0.05, 0) is 43.6 Å². The lowest BCUT2D eigenvalue weighted by atomic mass is 9.71. The zero-order chi connectivity index (χ0) is 11.3. The fraction of sp³-hybridized carbons (Fsp3) is 1.00. The second kappa shape index (κ2) is 5.89. The average Bonchev–Trinajstić information content (AvgIpc) is 2.49. The predicted molar refractivity (Wildman–Crippen MR) is 68.1 cm³/mol. The van der Waals surface area contributed by atoms with Crippen LogP contribution in [0.2, 0.25) is 0 Å². The molecule has 1 heterocycles. The van der Waals surface area contributed by atoms with Crippen molar-refractivity contribution in [1.82, 2.24) is 5.32 Å². The van der Waals surface area contributed by atoms with E-state index in [0.717, 1.165) is 12.0 Å². The van der Waals surface area contributed by atoms with Gasteiger partial charge in [0.1, 0.15) is 0 Å². The second-order valence-electron chi connectivity index (χ2n) is 5.75. The first-order valence-electron chi connectivity index (χ1n) is 6.88. The van der Waals surface area contributed by atoms with Gasteiger partial charge in [0.2, 0.25) is 0 Å². The van der Waals surface area contributed by atoms with Gasteiger partial charge in [-0.2, -0.15) is 0 Å². The van der Waals surface area contributed by atoms with E-state index in [1.807, 2.05) is 0 Å². The van der Waals surface area contributed by atoms with Crippen molar-refractivity contribution in [2.24, 2.45) is 11.3 Å². The van der Waals surface area contributed by atoms with Crippen LogP contribution in [-0.2, 0) is 0 Å². The van der Waals surface area contributed by atoms with Crippen LogP contribution < -0.4 is 5.32 Å². The number of nitrogens with one attached hydrogen (secondary N) is 1. The summed E-state index contributed by atoms with van der Waals surface area (Å²) in [5, 5.41) is 3.75. The van der Waals surface area contributed by atoms with Crippen molar-refractivity contribution in [3.05, 3.63) is 0 Å². The normalized spacial score (nSPS) is 25.0. The quantitative estimate of drug-likeness (QED) is 0.700. The van der Waals surface area contributed by atoms with E-state index in [0.29, 0.717) is 5.41 Å². The van der Waals surface area contributed by atoms with E-state index in [1.54, 1.807) is 0 Å². The standard InChI is InChI=1S/C14H29N/c1-5-7-14(8-6-2)9-10-15-13(14)11-12(3)4/h12-13,15H,5-11H2,1-4H3. The van der Waals surface area contributed by atoms with Crippen LogP contribution in [0.4, 0.5) is 0 Å². The highest BCUT2D eigenvalue weighted by atomic mass is 15.0. The predicted octanol–water partition coefficient (Wildman–Crippen LogP) is 3.98. The molecule has 1 heteroatoms. The van der Waals surface area contributed by atoms with E-state index in [4.69, 9.17) is 0 Å². The molecule has 1 atom stereocenters. The zero-order valence-electron chi connectivity index (χ0n) is 11.1. The van der Waals surface area contributed by atoms with Crippen molar-refractivity contribution in [2.75, 3.05) is 6.54 Å². The number of hydrogen-bond donors (Lipinski definition) is 1. The summed E-state index contributed by atoms with van der Waals surface area (Å²) in [4.78, 5) is 0. The van der Waals surface area contributed by atoms with Crippen molar-refractivity contribution in [3.8, 4) is 0 Å². The highest BCUT2D eigenvalue weighted by Crippen LogP contribution is 2.42. The summed E-state index contributed by atoms with van der Waals surface area (Å²) in [5.74, 6) is 0.827. The maximum Gasteiger partial charge on any atom is 0.0126 e. The number of hydrogen-bond acceptors (Lipinski definition) is 1. The van der Waals surface area contributed by atoms with Crippen molar-refractivity contribution in [1.29, 1.82) is 0 Å². The molecular formula is C14H29N. The first kappa shape index (κ1) is 13.0. The summed E-state index contributed by atoms with van der Waals surface area (Å²) in [7, 11) is 0. The lowest BCUT2D eigenvalue weighted by molar-refractivity contribution is 0.182. The van der Waals surface area contributed by atoms with Gasteiger partial charge in [0.15, 0.2) is 0 Å². The van der Waals surface area contributed by atoms with Crippen LogP contribution >= 0.6 is 0 Å². The van der Waals surface area contributed by atoms with Gasteiger partial charge < -0.3 is 5.32 Å². The van der Waals surface area contributed by atoms with Crippen LogP contribution in [0.1, 0.15) is 66.2 Å². The average molecular weight is 211 g/mol. The zero-order valence-corrected chi connectivity index (χ0v) is 11.1. The van der Waals surface area contributed by atoms with Gasteiger partial charge in [0, 0.05) is 6.04 Å². The van der Waals surface area contributed by atoms with E-state index >= 15 is 0 Å². The molecule has 0 amide bonds. The molecule has 1 saturated heterocycles. The minimum Gasteiger partial charge on any atom is -0.313 e. The maximum atomic E-state index is 3.75. The SMILES string of the molecule is CCCC1(CCC)CCNC1CC(C)C. The van der Waals surface area contributed by atoms with Crippen LogP contribution in [0.25, 0.3) is 0 Å². The van der Waals surface area contributed by atoms with Crippen LogP contribution in [0.5, 0.6) is 0 Å². The van der Waals surface area contributed by atoms with Crippen LogP contribution in [0.15, 0.2) is 0 Å². The third-order valence-corrected chi connectivity index (χ3v) is 3.96. The smallest absolute Gasteiger partial charge is 0.0126 e. The van der Waals surface area contributed by atoms with Gasteiger partial charge in [-0.15, -0.1) is 0 Å². The van der Waals surface area contributed by atoms with Gasteiger partial charge >= 0.3 is 0 Å². The third kappa shape index (κ3) is 3.21. The monoisotopic (exact) mass is 211 g/mol. The molecule has 0 radical (unpaired) electrons. The lowest BCUT2D eigenvalue weighted by Gasteiger charge is -2.36. The molecule has 15 heavy (non-hydrogen) atoms. The molecular weight excluding hydrogens is 182 g/mol. The van der Waals surface area contributed by atoms with E-state index in [-0.39, 0.29) is 0 Å². The molecule has 0 aromatic heterocycles. The summed E-state index contributed by atoms with van der Waals surface area (Å²) in [6, 6.07) is 0.789. The number of rotatable bonds is 6. The Labute approximate surface area is 96.0 Å². The van der Waals surface area contributed by atoms with E-state index in [1.165, 1.54) is 45.1 Å². The van der Waals surface area contributed by atoms with E-state index in [2.05, 4.69) is 33.0 Å². The van der Waals surface area contributed by atoms with E-state index in [9.17, 15) is 0 Å². The van der Waals surface area contributed by atoms with Gasteiger partial charge in [0.25, 0.3) is 0 Å². The molecule has 0 aliphatic carbocycles. The summed E-state index contributed by atoms with van der Waals surface area (Å²) in [6.07, 6.45) is 8.30. The second-order valence-corrected chi connectivity index (χ2v) is 5.75. The van der Waals surface area contributed by atoms with Crippen LogP contribution in [0.3, 0.4) is 0 Å². The summed E-state index contributed by atoms with van der Waals surface area (Å²) in [6.45, 7) is 10.6. The summed E-state index contributed by atoms with van der Waals surface area (Å²) < 4.78 is 0. The van der Waals surface area contributed by atoms with E-state index < -0.39 is 0 Å². The molecule has 1 rings (SSSR count). The minimum absolute atomic E-state index is 0.633. The Morgan fingerprint density at radius 1 is 1.20 bits per heavy atom. The Morgan fingerprint density at radius 2 is 1.80 bits per heavy atom. The Balaban J connectivity index is 2.65. The molecule has 0 bridgehead atoms. The minimum atomic E-state index is 0.633. The highest BCUT2D eigenvalue weighted by molar-refractivity contribution is 4.96. The topological polar surface area (TPSA) is 12.0 Å². The van der Waals surface area contributed by atoms with Crippen molar-refractivity contribution in [3.63, 3.8) is 0 Å². The first-order valence-corrected chi connectivity index (χ1v) is 6.88. The molecule has 1 N–H and O–H groups in total. The fourth-order valence-electron chi connectivity index (χ4n) is 3.41. The molecule has 90 valence electrons. The molecule has 1 aliphatic heterocycles. The van der Waals surface area contributed by atoms with Gasteiger partial charge in [-0.1, -0.05) is 40.5 Å². The third-order valence-electron chi connectivity index (χ3n) is 3.96. The molecule has 0 saturated carbocycles. The Bertz CT molecular complexity index is 168. The van der Waals surface area contributed by atoms with Crippen molar-refractivity contribution >= 4 is 0 Å². The Kier molecular flexibility index (Phi) is 5.11. The highest BCUT2D eigenvalue weighted by Gasteiger charge is 2.40. The molecule has 1 aliphatic rings. The largest absolute Gasteiger partial charge is 0.313 e. The molecule has 0 aromatic rings. The van der Waals surface area contributed by atoms with Gasteiger partial charge in [0.05, 0.1) is 0 Å². The van der Waals surface area contributed by atoms with Crippen LogP contribution in [-0.4, -0.2) is 12.6 Å².